The minimum Gasteiger partial charge on any atom is -0.360 e. The number of rotatable bonds is 4. The Hall–Kier alpha value is -2.32. The Morgan fingerprint density at radius 3 is 2.48 bits per heavy atom. The van der Waals surface area contributed by atoms with Crippen molar-refractivity contribution in [2.45, 2.75) is 12.7 Å². The molecule has 0 aromatic heterocycles. The first kappa shape index (κ1) is 19.4. The molecule has 2 aromatic rings. The molecule has 0 atom stereocenters. The van der Waals surface area contributed by atoms with Gasteiger partial charge in [-0.1, -0.05) is 17.7 Å². The molecule has 0 radical (unpaired) electrons. The third-order valence-corrected chi connectivity index (χ3v) is 5.06. The molecular formula is C18H18ClF3N3O2+. The quantitative estimate of drug-likeness (QED) is 0.633. The Labute approximate surface area is 159 Å². The maximum atomic E-state index is 12.9. The molecule has 1 saturated heterocycles. The summed E-state index contributed by atoms with van der Waals surface area (Å²) in [6.07, 6.45) is -4.36. The molecule has 0 amide bonds. The van der Waals surface area contributed by atoms with Crippen LogP contribution in [0.1, 0.15) is 11.1 Å². The van der Waals surface area contributed by atoms with E-state index in [0.717, 1.165) is 6.07 Å². The topological polar surface area (TPSA) is 50.8 Å². The van der Waals surface area contributed by atoms with Crippen LogP contribution in [0.4, 0.5) is 24.5 Å². The van der Waals surface area contributed by atoms with Crippen molar-refractivity contribution in [2.75, 3.05) is 31.1 Å². The Bertz CT molecular complexity index is 837. The van der Waals surface area contributed by atoms with Crippen LogP contribution in [0.25, 0.3) is 0 Å². The zero-order chi connectivity index (χ0) is 19.6. The first-order chi connectivity index (χ1) is 12.7. The number of nitro benzene ring substituents is 1. The smallest absolute Gasteiger partial charge is 0.360 e. The van der Waals surface area contributed by atoms with Crippen molar-refractivity contribution >= 4 is 23.0 Å². The van der Waals surface area contributed by atoms with E-state index < -0.39 is 16.7 Å². The number of benzene rings is 2. The molecule has 1 heterocycles. The van der Waals surface area contributed by atoms with Gasteiger partial charge in [-0.25, -0.2) is 0 Å². The summed E-state index contributed by atoms with van der Waals surface area (Å²) in [6.45, 7) is 3.15. The van der Waals surface area contributed by atoms with Crippen LogP contribution in [0, 0.1) is 10.1 Å². The van der Waals surface area contributed by atoms with Crippen LogP contribution in [-0.4, -0.2) is 31.1 Å². The van der Waals surface area contributed by atoms with Crippen LogP contribution in [0.3, 0.4) is 0 Å². The molecule has 1 aliphatic rings. The summed E-state index contributed by atoms with van der Waals surface area (Å²) in [6, 6.07) is 9.70. The van der Waals surface area contributed by atoms with Gasteiger partial charge in [-0.15, -0.1) is 0 Å². The van der Waals surface area contributed by atoms with E-state index in [0.29, 0.717) is 49.0 Å². The van der Waals surface area contributed by atoms with Crippen LogP contribution in [0.5, 0.6) is 0 Å². The molecule has 0 spiro atoms. The zero-order valence-electron chi connectivity index (χ0n) is 14.3. The highest BCUT2D eigenvalue weighted by molar-refractivity contribution is 6.31. The maximum Gasteiger partial charge on any atom is 0.416 e. The third kappa shape index (κ3) is 4.70. The second kappa shape index (κ2) is 7.74. The number of non-ortho nitro benzene ring substituents is 1. The van der Waals surface area contributed by atoms with Crippen molar-refractivity contribution in [1.82, 2.24) is 0 Å². The van der Waals surface area contributed by atoms with Gasteiger partial charge in [-0.05, 0) is 24.3 Å². The summed E-state index contributed by atoms with van der Waals surface area (Å²) < 4.78 is 38.7. The lowest BCUT2D eigenvalue weighted by Crippen LogP contribution is -3.13. The Morgan fingerprint density at radius 1 is 1.15 bits per heavy atom. The molecule has 3 rings (SSSR count). The average Bonchev–Trinajstić information content (AvgIpc) is 2.63. The number of anilines is 1. The highest BCUT2D eigenvalue weighted by Gasteiger charge is 2.31. The molecule has 144 valence electrons. The molecule has 9 heteroatoms. The maximum absolute atomic E-state index is 12.9. The molecule has 0 aliphatic carbocycles. The molecule has 0 unspecified atom stereocenters. The number of nitrogens with zero attached hydrogens (tertiary/aromatic N) is 2. The SMILES string of the molecule is O=[N+]([O-])c1ccc(Cl)c(C[NH+]2CCN(c3cccc(C(F)(F)F)c3)CC2)c1. The molecule has 2 aromatic carbocycles. The summed E-state index contributed by atoms with van der Waals surface area (Å²) in [5, 5.41) is 11.4. The van der Waals surface area contributed by atoms with E-state index in [4.69, 9.17) is 11.6 Å². The summed E-state index contributed by atoms with van der Waals surface area (Å²) in [5.41, 5.74) is 0.597. The lowest BCUT2D eigenvalue weighted by atomic mass is 10.1. The molecule has 1 fully saturated rings. The lowest BCUT2D eigenvalue weighted by molar-refractivity contribution is -0.914. The van der Waals surface area contributed by atoms with Crippen molar-refractivity contribution in [2.24, 2.45) is 0 Å². The monoisotopic (exact) mass is 400 g/mol. The third-order valence-electron chi connectivity index (χ3n) is 4.69. The van der Waals surface area contributed by atoms with Gasteiger partial charge in [0.25, 0.3) is 5.69 Å². The van der Waals surface area contributed by atoms with Crippen molar-refractivity contribution in [3.05, 3.63) is 68.7 Å². The average molecular weight is 401 g/mol. The minimum absolute atomic E-state index is 0.00333. The second-order valence-corrected chi connectivity index (χ2v) is 6.90. The summed E-state index contributed by atoms with van der Waals surface area (Å²) in [5.74, 6) is 0. The summed E-state index contributed by atoms with van der Waals surface area (Å²) >= 11 is 6.15. The Morgan fingerprint density at radius 2 is 1.85 bits per heavy atom. The number of quaternary nitrogens is 1. The van der Waals surface area contributed by atoms with Gasteiger partial charge in [0.15, 0.2) is 0 Å². The standard InChI is InChI=1S/C18H17ClF3N3O2/c19-17-5-4-16(25(26)27)10-13(17)12-23-6-8-24(9-7-23)15-3-1-2-14(11-15)18(20,21)22/h1-5,10-11H,6-9,12H2/p+1. The fraction of sp³-hybridized carbons (Fsp3) is 0.333. The van der Waals surface area contributed by atoms with E-state index in [1.165, 1.54) is 35.2 Å². The molecule has 1 N–H and O–H groups in total. The van der Waals surface area contributed by atoms with Crippen molar-refractivity contribution in [1.29, 1.82) is 0 Å². The molecule has 27 heavy (non-hydrogen) atoms. The van der Waals surface area contributed by atoms with Gasteiger partial charge < -0.3 is 9.80 Å². The summed E-state index contributed by atoms with van der Waals surface area (Å²) in [7, 11) is 0. The van der Waals surface area contributed by atoms with Gasteiger partial charge in [-0.2, -0.15) is 13.2 Å². The number of alkyl halides is 3. The van der Waals surface area contributed by atoms with E-state index in [1.54, 1.807) is 6.07 Å². The normalized spacial score (nSPS) is 15.8. The van der Waals surface area contributed by atoms with E-state index in [2.05, 4.69) is 0 Å². The van der Waals surface area contributed by atoms with Gasteiger partial charge in [0.2, 0.25) is 0 Å². The van der Waals surface area contributed by atoms with Crippen LogP contribution < -0.4 is 9.80 Å². The number of hydrogen-bond acceptors (Lipinski definition) is 3. The highest BCUT2D eigenvalue weighted by atomic mass is 35.5. The minimum atomic E-state index is -4.36. The largest absolute Gasteiger partial charge is 0.416 e. The van der Waals surface area contributed by atoms with Gasteiger partial charge in [0, 0.05) is 28.4 Å². The zero-order valence-corrected chi connectivity index (χ0v) is 15.1. The number of nitro groups is 1. The number of hydrogen-bond donors (Lipinski definition) is 1. The number of piperazine rings is 1. The number of nitrogens with one attached hydrogen (secondary N) is 1. The van der Waals surface area contributed by atoms with Crippen molar-refractivity contribution < 1.29 is 23.0 Å². The first-order valence-electron chi connectivity index (χ1n) is 8.42. The van der Waals surface area contributed by atoms with E-state index in [1.807, 2.05) is 4.90 Å². The Balaban J connectivity index is 1.65. The molecule has 5 nitrogen and oxygen atoms in total. The second-order valence-electron chi connectivity index (χ2n) is 6.49. The van der Waals surface area contributed by atoms with Crippen LogP contribution in [0.15, 0.2) is 42.5 Å². The van der Waals surface area contributed by atoms with Gasteiger partial charge in [-0.3, -0.25) is 10.1 Å². The predicted octanol–water partition coefficient (Wildman–Crippen LogP) is 3.17. The molecule has 1 aliphatic heterocycles. The van der Waals surface area contributed by atoms with Gasteiger partial charge >= 0.3 is 6.18 Å². The first-order valence-corrected chi connectivity index (χ1v) is 8.80. The molecular weight excluding hydrogens is 383 g/mol. The van der Waals surface area contributed by atoms with Crippen LogP contribution in [-0.2, 0) is 12.7 Å². The summed E-state index contributed by atoms with van der Waals surface area (Å²) in [4.78, 5) is 13.6. The van der Waals surface area contributed by atoms with E-state index >= 15 is 0 Å². The highest BCUT2D eigenvalue weighted by Crippen LogP contribution is 2.31. The molecule has 0 bridgehead atoms. The Kier molecular flexibility index (Phi) is 5.57. The van der Waals surface area contributed by atoms with Gasteiger partial charge in [0.1, 0.15) is 6.54 Å². The fourth-order valence-electron chi connectivity index (χ4n) is 3.22. The van der Waals surface area contributed by atoms with Crippen molar-refractivity contribution in [3.8, 4) is 0 Å². The van der Waals surface area contributed by atoms with Gasteiger partial charge in [0.05, 0.1) is 36.7 Å². The predicted molar refractivity (Wildman–Crippen MR) is 96.2 cm³/mol. The van der Waals surface area contributed by atoms with E-state index in [9.17, 15) is 23.3 Å². The number of halogens is 4. The van der Waals surface area contributed by atoms with Crippen molar-refractivity contribution in [3.63, 3.8) is 0 Å². The fourth-order valence-corrected chi connectivity index (χ4v) is 3.40. The van der Waals surface area contributed by atoms with Crippen LogP contribution >= 0.6 is 11.6 Å². The van der Waals surface area contributed by atoms with Crippen LogP contribution in [0.2, 0.25) is 5.02 Å². The lowest BCUT2D eigenvalue weighted by Gasteiger charge is -2.34. The van der Waals surface area contributed by atoms with E-state index in [-0.39, 0.29) is 5.69 Å². The molecule has 0 saturated carbocycles.